The summed E-state index contributed by atoms with van der Waals surface area (Å²) in [6.45, 7) is 3.79. The Balaban J connectivity index is 1.50. The van der Waals surface area contributed by atoms with Crippen molar-refractivity contribution in [2.45, 2.75) is 26.3 Å². The number of anilines is 1. The Morgan fingerprint density at radius 3 is 2.43 bits per heavy atom. The Bertz CT molecular complexity index is 1380. The summed E-state index contributed by atoms with van der Waals surface area (Å²) in [4.78, 5) is 44.0. The molecule has 0 aliphatic heterocycles. The number of fused-ring (bicyclic) bond motifs is 1. The van der Waals surface area contributed by atoms with Gasteiger partial charge in [-0.1, -0.05) is 43.3 Å². The Morgan fingerprint density at radius 1 is 1.06 bits per heavy atom. The fourth-order valence-electron chi connectivity index (χ4n) is 3.69. The number of nitrogens with zero attached hydrogens (tertiary/aromatic N) is 2. The smallest absolute Gasteiger partial charge is 0.348 e. The van der Waals surface area contributed by atoms with E-state index in [0.29, 0.717) is 38.5 Å². The van der Waals surface area contributed by atoms with E-state index in [9.17, 15) is 14.4 Å². The number of benzene rings is 2. The van der Waals surface area contributed by atoms with Crippen molar-refractivity contribution in [3.05, 3.63) is 87.8 Å². The standard InChI is InChI=1S/C26H25N3O5S/c1-3-20(23(30)28-18-10-6-4-7-11-18)29-16-27-24-21(25(29)31)17(2)22(35-24)26(32)34-15-14-33-19-12-8-5-9-13-19/h4-13,16,20H,3,14-15H2,1-2H3,(H,28,30). The molecule has 4 aromatic rings. The average molecular weight is 492 g/mol. The summed E-state index contributed by atoms with van der Waals surface area (Å²) < 4.78 is 12.2. The number of aryl methyl sites for hydroxylation is 1. The number of aromatic nitrogens is 2. The van der Waals surface area contributed by atoms with Crippen LogP contribution in [-0.4, -0.2) is 34.6 Å². The van der Waals surface area contributed by atoms with Gasteiger partial charge < -0.3 is 14.8 Å². The van der Waals surface area contributed by atoms with Gasteiger partial charge in [0, 0.05) is 5.69 Å². The van der Waals surface area contributed by atoms with Gasteiger partial charge in [0.25, 0.3) is 5.56 Å². The number of thiophene rings is 1. The van der Waals surface area contributed by atoms with Crippen LogP contribution in [0.5, 0.6) is 5.75 Å². The fourth-order valence-corrected chi connectivity index (χ4v) is 4.72. The maximum atomic E-state index is 13.3. The third-order valence-electron chi connectivity index (χ3n) is 5.46. The molecule has 0 saturated carbocycles. The zero-order valence-electron chi connectivity index (χ0n) is 19.4. The molecule has 0 aliphatic rings. The van der Waals surface area contributed by atoms with E-state index in [0.717, 1.165) is 11.3 Å². The third kappa shape index (κ3) is 5.41. The van der Waals surface area contributed by atoms with Gasteiger partial charge in [0.1, 0.15) is 34.7 Å². The number of hydrogen-bond donors (Lipinski definition) is 1. The predicted octanol–water partition coefficient (Wildman–Crippen LogP) is 4.59. The van der Waals surface area contributed by atoms with Crippen LogP contribution in [0.25, 0.3) is 10.2 Å². The first-order valence-electron chi connectivity index (χ1n) is 11.2. The van der Waals surface area contributed by atoms with E-state index in [-0.39, 0.29) is 24.7 Å². The number of carbonyl (C=O) groups excluding carboxylic acids is 2. The Hall–Kier alpha value is -3.98. The summed E-state index contributed by atoms with van der Waals surface area (Å²) >= 11 is 1.10. The molecule has 180 valence electrons. The normalized spacial score (nSPS) is 11.7. The minimum absolute atomic E-state index is 0.0661. The highest BCUT2D eigenvalue weighted by atomic mass is 32.1. The van der Waals surface area contributed by atoms with E-state index in [4.69, 9.17) is 9.47 Å². The van der Waals surface area contributed by atoms with Crippen LogP contribution in [0.1, 0.15) is 34.6 Å². The molecule has 0 radical (unpaired) electrons. The van der Waals surface area contributed by atoms with Crippen molar-refractivity contribution in [3.8, 4) is 5.75 Å². The predicted molar refractivity (Wildman–Crippen MR) is 135 cm³/mol. The maximum absolute atomic E-state index is 13.3. The van der Waals surface area contributed by atoms with Crippen LogP contribution in [0.4, 0.5) is 5.69 Å². The molecule has 1 N–H and O–H groups in total. The maximum Gasteiger partial charge on any atom is 0.348 e. The first-order chi connectivity index (χ1) is 17.0. The zero-order chi connectivity index (χ0) is 24.8. The molecule has 2 aromatic heterocycles. The highest BCUT2D eigenvalue weighted by molar-refractivity contribution is 7.20. The number of amides is 1. The molecule has 2 heterocycles. The van der Waals surface area contributed by atoms with Crippen molar-refractivity contribution >= 4 is 39.1 Å². The van der Waals surface area contributed by atoms with Gasteiger partial charge in [0.2, 0.25) is 5.91 Å². The molecule has 0 spiro atoms. The lowest BCUT2D eigenvalue weighted by Crippen LogP contribution is -2.33. The molecule has 0 bridgehead atoms. The zero-order valence-corrected chi connectivity index (χ0v) is 20.2. The lowest BCUT2D eigenvalue weighted by atomic mass is 10.1. The first kappa shape index (κ1) is 24.2. The molecule has 4 rings (SSSR count). The van der Waals surface area contributed by atoms with Crippen LogP contribution in [-0.2, 0) is 9.53 Å². The monoisotopic (exact) mass is 491 g/mol. The van der Waals surface area contributed by atoms with Gasteiger partial charge in [-0.15, -0.1) is 11.3 Å². The largest absolute Gasteiger partial charge is 0.490 e. The molecule has 9 heteroatoms. The number of esters is 1. The van der Waals surface area contributed by atoms with Gasteiger partial charge in [0.05, 0.1) is 11.7 Å². The lowest BCUT2D eigenvalue weighted by Gasteiger charge is -2.17. The minimum atomic E-state index is -0.746. The number of para-hydroxylation sites is 2. The number of nitrogens with one attached hydrogen (secondary N) is 1. The molecule has 0 saturated heterocycles. The topological polar surface area (TPSA) is 99.5 Å². The van der Waals surface area contributed by atoms with Crippen molar-refractivity contribution in [1.82, 2.24) is 9.55 Å². The van der Waals surface area contributed by atoms with Crippen LogP contribution >= 0.6 is 11.3 Å². The van der Waals surface area contributed by atoms with E-state index in [1.165, 1.54) is 10.9 Å². The van der Waals surface area contributed by atoms with Gasteiger partial charge in [0.15, 0.2) is 0 Å². The summed E-state index contributed by atoms with van der Waals surface area (Å²) in [5, 5.41) is 3.15. The van der Waals surface area contributed by atoms with Crippen LogP contribution in [0.2, 0.25) is 0 Å². The first-order valence-corrected chi connectivity index (χ1v) is 12.0. The second-order valence-corrected chi connectivity index (χ2v) is 8.77. The summed E-state index contributed by atoms with van der Waals surface area (Å²) in [5.41, 5.74) is 0.764. The number of carbonyl (C=O) groups is 2. The molecular weight excluding hydrogens is 466 g/mol. The molecule has 2 aromatic carbocycles. The van der Waals surface area contributed by atoms with Crippen molar-refractivity contribution in [3.63, 3.8) is 0 Å². The van der Waals surface area contributed by atoms with Gasteiger partial charge in [-0.3, -0.25) is 14.2 Å². The van der Waals surface area contributed by atoms with E-state index < -0.39 is 12.0 Å². The Labute approximate surface area is 206 Å². The quantitative estimate of drug-likeness (QED) is 0.272. The Kier molecular flexibility index (Phi) is 7.57. The number of hydrogen-bond acceptors (Lipinski definition) is 7. The molecule has 0 fully saturated rings. The summed E-state index contributed by atoms with van der Waals surface area (Å²) in [6.07, 6.45) is 1.76. The molecule has 0 aliphatic carbocycles. The van der Waals surface area contributed by atoms with Crippen molar-refractivity contribution < 1.29 is 19.1 Å². The van der Waals surface area contributed by atoms with Crippen LogP contribution < -0.4 is 15.6 Å². The van der Waals surface area contributed by atoms with Crippen LogP contribution in [0, 0.1) is 6.92 Å². The third-order valence-corrected chi connectivity index (χ3v) is 6.64. The summed E-state index contributed by atoms with van der Waals surface area (Å²) in [6, 6.07) is 17.5. The highest BCUT2D eigenvalue weighted by Gasteiger charge is 2.25. The number of ether oxygens (including phenoxy) is 2. The van der Waals surface area contributed by atoms with Crippen molar-refractivity contribution in [2.24, 2.45) is 0 Å². The second-order valence-electron chi connectivity index (χ2n) is 7.77. The van der Waals surface area contributed by atoms with Crippen molar-refractivity contribution in [1.29, 1.82) is 0 Å². The van der Waals surface area contributed by atoms with Crippen molar-refractivity contribution in [2.75, 3.05) is 18.5 Å². The van der Waals surface area contributed by atoms with Gasteiger partial charge in [-0.25, -0.2) is 9.78 Å². The summed E-state index contributed by atoms with van der Waals surface area (Å²) in [7, 11) is 0. The SMILES string of the molecule is CCC(C(=O)Nc1ccccc1)n1cnc2sc(C(=O)OCCOc3ccccc3)c(C)c2c1=O. The second kappa shape index (κ2) is 11.0. The number of rotatable bonds is 9. The van der Waals surface area contributed by atoms with E-state index >= 15 is 0 Å². The average Bonchev–Trinajstić information content (AvgIpc) is 3.22. The molecular formula is C26H25N3O5S. The molecule has 8 nitrogen and oxygen atoms in total. The molecule has 35 heavy (non-hydrogen) atoms. The van der Waals surface area contributed by atoms with Crippen LogP contribution in [0.15, 0.2) is 71.8 Å². The molecule has 1 atom stereocenters. The summed E-state index contributed by atoms with van der Waals surface area (Å²) in [5.74, 6) is -0.164. The van der Waals surface area contributed by atoms with Crippen LogP contribution in [0.3, 0.4) is 0 Å². The van der Waals surface area contributed by atoms with E-state index in [1.807, 2.05) is 55.5 Å². The lowest BCUT2D eigenvalue weighted by molar-refractivity contribution is -0.119. The van der Waals surface area contributed by atoms with Gasteiger partial charge in [-0.2, -0.15) is 0 Å². The van der Waals surface area contributed by atoms with E-state index in [1.54, 1.807) is 19.1 Å². The fraction of sp³-hybridized carbons (Fsp3) is 0.231. The minimum Gasteiger partial charge on any atom is -0.490 e. The molecule has 1 amide bonds. The molecule has 1 unspecified atom stereocenters. The highest BCUT2D eigenvalue weighted by Crippen LogP contribution is 2.28. The Morgan fingerprint density at radius 2 is 1.74 bits per heavy atom. The van der Waals surface area contributed by atoms with Gasteiger partial charge in [-0.05, 0) is 43.2 Å². The van der Waals surface area contributed by atoms with Gasteiger partial charge >= 0.3 is 5.97 Å². The van der Waals surface area contributed by atoms with E-state index in [2.05, 4.69) is 10.3 Å².